The maximum absolute atomic E-state index is 12.2. The summed E-state index contributed by atoms with van der Waals surface area (Å²) in [5, 5.41) is -1.14. The fourth-order valence-corrected chi connectivity index (χ4v) is 2.00. The van der Waals surface area contributed by atoms with Gasteiger partial charge in [-0.15, -0.1) is 0 Å². The van der Waals surface area contributed by atoms with Crippen molar-refractivity contribution in [3.63, 3.8) is 0 Å². The van der Waals surface area contributed by atoms with Crippen LogP contribution in [0.25, 0.3) is 0 Å². The summed E-state index contributed by atoms with van der Waals surface area (Å²) in [7, 11) is -0.634. The van der Waals surface area contributed by atoms with E-state index < -0.39 is 20.9 Å². The summed E-state index contributed by atoms with van der Waals surface area (Å²) in [4.78, 5) is 12.2. The first-order valence-electron chi connectivity index (χ1n) is 5.27. The van der Waals surface area contributed by atoms with Gasteiger partial charge < -0.3 is 9.47 Å². The van der Waals surface area contributed by atoms with Crippen LogP contribution in [-0.2, 0) is 9.84 Å². The SMILES string of the molecule is COc1cccc(OC)c1C(=O)C(C)S(C)(=O)=O. The van der Waals surface area contributed by atoms with E-state index in [1.54, 1.807) is 18.2 Å². The Bertz CT molecular complexity index is 525. The van der Waals surface area contributed by atoms with Crippen molar-refractivity contribution in [3.05, 3.63) is 23.8 Å². The van der Waals surface area contributed by atoms with E-state index in [1.165, 1.54) is 21.1 Å². The number of carbonyl (C=O) groups excluding carboxylic acids is 1. The molecule has 0 spiro atoms. The van der Waals surface area contributed by atoms with Crippen molar-refractivity contribution in [3.8, 4) is 11.5 Å². The molecule has 18 heavy (non-hydrogen) atoms. The first-order valence-corrected chi connectivity index (χ1v) is 7.22. The number of benzene rings is 1. The predicted octanol–water partition coefficient (Wildman–Crippen LogP) is 1.32. The van der Waals surface area contributed by atoms with Crippen LogP contribution < -0.4 is 9.47 Å². The van der Waals surface area contributed by atoms with Crippen LogP contribution in [0.3, 0.4) is 0 Å². The molecule has 0 amide bonds. The zero-order valence-electron chi connectivity index (χ0n) is 10.8. The minimum atomic E-state index is -3.46. The average Bonchev–Trinajstić information content (AvgIpc) is 2.34. The highest BCUT2D eigenvalue weighted by Crippen LogP contribution is 2.30. The molecule has 0 aromatic heterocycles. The van der Waals surface area contributed by atoms with Crippen molar-refractivity contribution in [2.24, 2.45) is 0 Å². The normalized spacial score (nSPS) is 12.9. The maximum Gasteiger partial charge on any atom is 0.188 e. The second kappa shape index (κ2) is 5.39. The number of hydrogen-bond acceptors (Lipinski definition) is 5. The summed E-state index contributed by atoms with van der Waals surface area (Å²) in [6.07, 6.45) is 1.03. The summed E-state index contributed by atoms with van der Waals surface area (Å²) in [6.45, 7) is 1.35. The molecule has 0 radical (unpaired) electrons. The molecule has 0 fully saturated rings. The van der Waals surface area contributed by atoms with Crippen molar-refractivity contribution in [2.45, 2.75) is 12.2 Å². The lowest BCUT2D eigenvalue weighted by molar-refractivity contribution is 0.0985. The van der Waals surface area contributed by atoms with Gasteiger partial charge in [0.05, 0.1) is 14.2 Å². The zero-order valence-corrected chi connectivity index (χ0v) is 11.6. The second-order valence-electron chi connectivity index (χ2n) is 3.87. The Hall–Kier alpha value is -1.56. The van der Waals surface area contributed by atoms with Crippen LogP contribution in [0.1, 0.15) is 17.3 Å². The molecule has 0 N–H and O–H groups in total. The van der Waals surface area contributed by atoms with E-state index in [2.05, 4.69) is 0 Å². The molecule has 0 saturated heterocycles. The first-order chi connectivity index (χ1) is 8.32. The Kier molecular flexibility index (Phi) is 4.34. The van der Waals surface area contributed by atoms with Crippen LogP contribution in [0.15, 0.2) is 18.2 Å². The minimum absolute atomic E-state index is 0.153. The number of Topliss-reactive ketones (excluding diaryl/α,β-unsaturated/α-hetero) is 1. The molecule has 1 aromatic rings. The fraction of sp³-hybridized carbons (Fsp3) is 0.417. The van der Waals surface area contributed by atoms with Crippen LogP contribution in [0, 0.1) is 0 Å². The average molecular weight is 272 g/mol. The summed E-state index contributed by atoms with van der Waals surface area (Å²) in [5.41, 5.74) is 0.153. The quantitative estimate of drug-likeness (QED) is 0.756. The molecule has 0 heterocycles. The van der Waals surface area contributed by atoms with Crippen LogP contribution >= 0.6 is 0 Å². The van der Waals surface area contributed by atoms with E-state index in [0.29, 0.717) is 11.5 Å². The van der Waals surface area contributed by atoms with Crippen LogP contribution in [0.5, 0.6) is 11.5 Å². The third kappa shape index (κ3) is 2.81. The van der Waals surface area contributed by atoms with Gasteiger partial charge >= 0.3 is 0 Å². The molecule has 1 atom stereocenters. The van der Waals surface area contributed by atoms with Gasteiger partial charge in [0.25, 0.3) is 0 Å². The van der Waals surface area contributed by atoms with Gasteiger partial charge in [-0.1, -0.05) is 6.07 Å². The molecule has 1 aromatic carbocycles. The molecule has 6 heteroatoms. The van der Waals surface area contributed by atoms with E-state index >= 15 is 0 Å². The summed E-state index contributed by atoms with van der Waals surface area (Å²) in [6, 6.07) is 4.84. The Labute approximate surface area is 107 Å². The molecular formula is C12H16O5S. The van der Waals surface area contributed by atoms with Gasteiger partial charge in [0.2, 0.25) is 0 Å². The molecule has 5 nitrogen and oxygen atoms in total. The Morgan fingerprint density at radius 2 is 1.61 bits per heavy atom. The Morgan fingerprint density at radius 3 is 1.94 bits per heavy atom. The lowest BCUT2D eigenvalue weighted by atomic mass is 10.1. The fourth-order valence-electron chi connectivity index (χ4n) is 1.49. The van der Waals surface area contributed by atoms with Gasteiger partial charge in [0.15, 0.2) is 15.6 Å². The lowest BCUT2D eigenvalue weighted by Gasteiger charge is -2.14. The zero-order chi connectivity index (χ0) is 13.9. The maximum atomic E-state index is 12.2. The van der Waals surface area contributed by atoms with Crippen molar-refractivity contribution < 1.29 is 22.7 Å². The third-order valence-electron chi connectivity index (χ3n) is 2.69. The highest BCUT2D eigenvalue weighted by Gasteiger charge is 2.29. The van der Waals surface area contributed by atoms with Crippen molar-refractivity contribution in [1.29, 1.82) is 0 Å². The number of carbonyl (C=O) groups is 1. The number of ether oxygens (including phenoxy) is 2. The van der Waals surface area contributed by atoms with Gasteiger partial charge in [0, 0.05) is 6.26 Å². The largest absolute Gasteiger partial charge is 0.496 e. The van der Waals surface area contributed by atoms with E-state index in [0.717, 1.165) is 6.26 Å². The number of hydrogen-bond donors (Lipinski definition) is 0. The molecule has 0 aliphatic heterocycles. The smallest absolute Gasteiger partial charge is 0.188 e. The number of methoxy groups -OCH3 is 2. The van der Waals surface area contributed by atoms with E-state index in [9.17, 15) is 13.2 Å². The van der Waals surface area contributed by atoms with E-state index in [4.69, 9.17) is 9.47 Å². The number of sulfone groups is 1. The monoisotopic (exact) mass is 272 g/mol. The van der Waals surface area contributed by atoms with Gasteiger partial charge in [0.1, 0.15) is 22.3 Å². The highest BCUT2D eigenvalue weighted by atomic mass is 32.2. The molecule has 100 valence electrons. The molecule has 0 saturated carbocycles. The molecule has 1 rings (SSSR count). The van der Waals surface area contributed by atoms with Crippen molar-refractivity contribution in [2.75, 3.05) is 20.5 Å². The molecule has 0 aliphatic carbocycles. The molecular weight excluding hydrogens is 256 g/mol. The lowest BCUT2D eigenvalue weighted by Crippen LogP contribution is -2.27. The number of ketones is 1. The van der Waals surface area contributed by atoms with Gasteiger partial charge in [-0.25, -0.2) is 8.42 Å². The standard InChI is InChI=1S/C12H16O5S/c1-8(18(4,14)15)12(13)11-9(16-2)6-5-7-10(11)17-3/h5-8H,1-4H3. The summed E-state index contributed by atoms with van der Waals surface area (Å²) < 4.78 is 33.0. The topological polar surface area (TPSA) is 69.7 Å². The second-order valence-corrected chi connectivity index (χ2v) is 6.24. The van der Waals surface area contributed by atoms with E-state index in [1.807, 2.05) is 0 Å². The minimum Gasteiger partial charge on any atom is -0.496 e. The highest BCUT2D eigenvalue weighted by molar-refractivity contribution is 7.92. The summed E-state index contributed by atoms with van der Waals surface area (Å²) >= 11 is 0. The first kappa shape index (κ1) is 14.5. The number of rotatable bonds is 5. The molecule has 0 bridgehead atoms. The van der Waals surface area contributed by atoms with Gasteiger partial charge in [-0.2, -0.15) is 0 Å². The van der Waals surface area contributed by atoms with Gasteiger partial charge in [-0.3, -0.25) is 4.79 Å². The van der Waals surface area contributed by atoms with Crippen LogP contribution in [0.4, 0.5) is 0 Å². The van der Waals surface area contributed by atoms with Crippen LogP contribution in [-0.4, -0.2) is 39.9 Å². The Balaban J connectivity index is 3.36. The van der Waals surface area contributed by atoms with Gasteiger partial charge in [-0.05, 0) is 19.1 Å². The van der Waals surface area contributed by atoms with Crippen molar-refractivity contribution in [1.82, 2.24) is 0 Å². The molecule has 0 aliphatic rings. The van der Waals surface area contributed by atoms with Crippen LogP contribution in [0.2, 0.25) is 0 Å². The molecule has 1 unspecified atom stereocenters. The third-order valence-corrected chi connectivity index (χ3v) is 4.18. The van der Waals surface area contributed by atoms with Crippen molar-refractivity contribution >= 4 is 15.6 Å². The van der Waals surface area contributed by atoms with E-state index in [-0.39, 0.29) is 5.56 Å². The Morgan fingerprint density at radius 1 is 1.17 bits per heavy atom. The summed E-state index contributed by atoms with van der Waals surface area (Å²) in [5.74, 6) is 0.0662. The predicted molar refractivity (Wildman–Crippen MR) is 68.2 cm³/mol.